The van der Waals surface area contributed by atoms with Crippen LogP contribution in [0.25, 0.3) is 0 Å². The van der Waals surface area contributed by atoms with Gasteiger partial charge in [0.05, 0.1) is 4.92 Å². The van der Waals surface area contributed by atoms with Crippen LogP contribution in [-0.2, 0) is 0 Å². The molecule has 0 aromatic heterocycles. The van der Waals surface area contributed by atoms with Gasteiger partial charge in [0.25, 0.3) is 11.6 Å². The molecular weight excluding hydrogens is 294 g/mol. The molecule has 6 heteroatoms. The molecule has 1 N–H and O–H groups in total. The van der Waals surface area contributed by atoms with Gasteiger partial charge in [-0.15, -0.1) is 0 Å². The van der Waals surface area contributed by atoms with Gasteiger partial charge in [-0.3, -0.25) is 14.9 Å². The van der Waals surface area contributed by atoms with Crippen LogP contribution in [-0.4, -0.2) is 34.9 Å². The SMILES string of the molecule is CC1CCC(Nc2ccc([N+](=O)[O-])c(C(=O)N3CCCC3)c2)C1. The number of rotatable bonds is 4. The van der Waals surface area contributed by atoms with Crippen LogP contribution < -0.4 is 5.32 Å². The lowest BCUT2D eigenvalue weighted by atomic mass is 10.1. The van der Waals surface area contributed by atoms with Crippen molar-refractivity contribution in [3.8, 4) is 0 Å². The van der Waals surface area contributed by atoms with E-state index in [0.29, 0.717) is 25.0 Å². The Kier molecular flexibility index (Phi) is 4.50. The molecule has 6 nitrogen and oxygen atoms in total. The minimum Gasteiger partial charge on any atom is -0.382 e. The van der Waals surface area contributed by atoms with Crippen LogP contribution in [0, 0.1) is 16.0 Å². The van der Waals surface area contributed by atoms with Gasteiger partial charge in [-0.25, -0.2) is 0 Å². The molecule has 0 spiro atoms. The summed E-state index contributed by atoms with van der Waals surface area (Å²) in [4.78, 5) is 25.1. The van der Waals surface area contributed by atoms with Crippen molar-refractivity contribution in [1.82, 2.24) is 4.90 Å². The van der Waals surface area contributed by atoms with Crippen LogP contribution >= 0.6 is 0 Å². The maximum absolute atomic E-state index is 12.6. The third-order valence-electron chi connectivity index (χ3n) is 4.88. The third-order valence-corrected chi connectivity index (χ3v) is 4.88. The average Bonchev–Trinajstić information content (AvgIpc) is 3.18. The van der Waals surface area contributed by atoms with Crippen molar-refractivity contribution in [2.24, 2.45) is 5.92 Å². The second-order valence-corrected chi connectivity index (χ2v) is 6.75. The molecule has 3 rings (SSSR count). The normalized spacial score (nSPS) is 24.0. The van der Waals surface area contributed by atoms with Crippen molar-refractivity contribution in [1.29, 1.82) is 0 Å². The number of nitro groups is 1. The fourth-order valence-corrected chi connectivity index (χ4v) is 3.62. The minimum absolute atomic E-state index is 0.104. The van der Waals surface area contributed by atoms with Crippen LogP contribution in [0.15, 0.2) is 18.2 Å². The van der Waals surface area contributed by atoms with E-state index in [4.69, 9.17) is 0 Å². The number of benzene rings is 1. The summed E-state index contributed by atoms with van der Waals surface area (Å²) >= 11 is 0. The Bertz CT molecular complexity index is 611. The van der Waals surface area contributed by atoms with Crippen LogP contribution in [0.5, 0.6) is 0 Å². The number of amides is 1. The summed E-state index contributed by atoms with van der Waals surface area (Å²) in [5.41, 5.74) is 0.900. The van der Waals surface area contributed by atoms with E-state index in [1.165, 1.54) is 12.5 Å². The van der Waals surface area contributed by atoms with Gasteiger partial charge in [0.2, 0.25) is 0 Å². The lowest BCUT2D eigenvalue weighted by Gasteiger charge is -2.18. The monoisotopic (exact) mass is 317 g/mol. The molecule has 23 heavy (non-hydrogen) atoms. The van der Waals surface area contributed by atoms with Crippen molar-refractivity contribution in [2.75, 3.05) is 18.4 Å². The number of nitrogens with one attached hydrogen (secondary N) is 1. The zero-order chi connectivity index (χ0) is 16.4. The average molecular weight is 317 g/mol. The van der Waals surface area contributed by atoms with Gasteiger partial charge in [0, 0.05) is 30.9 Å². The van der Waals surface area contributed by atoms with E-state index in [1.54, 1.807) is 17.0 Å². The topological polar surface area (TPSA) is 75.5 Å². The lowest BCUT2D eigenvalue weighted by molar-refractivity contribution is -0.385. The minimum atomic E-state index is -0.468. The highest BCUT2D eigenvalue weighted by Gasteiger charge is 2.28. The zero-order valence-electron chi connectivity index (χ0n) is 13.5. The first kappa shape index (κ1) is 15.8. The zero-order valence-corrected chi connectivity index (χ0v) is 13.5. The summed E-state index contributed by atoms with van der Waals surface area (Å²) in [6.07, 6.45) is 5.35. The van der Waals surface area contributed by atoms with Gasteiger partial charge < -0.3 is 10.2 Å². The van der Waals surface area contributed by atoms with Crippen molar-refractivity contribution in [3.05, 3.63) is 33.9 Å². The first-order chi connectivity index (χ1) is 11.0. The highest BCUT2D eigenvalue weighted by atomic mass is 16.6. The predicted molar refractivity (Wildman–Crippen MR) is 88.7 cm³/mol. The summed E-state index contributed by atoms with van der Waals surface area (Å²) < 4.78 is 0. The molecule has 1 aromatic rings. The van der Waals surface area contributed by atoms with E-state index in [2.05, 4.69) is 12.2 Å². The van der Waals surface area contributed by atoms with Crippen molar-refractivity contribution in [2.45, 2.75) is 45.1 Å². The summed E-state index contributed by atoms with van der Waals surface area (Å²) in [7, 11) is 0. The van der Waals surface area contributed by atoms with E-state index >= 15 is 0 Å². The number of hydrogen-bond donors (Lipinski definition) is 1. The molecule has 1 heterocycles. The Labute approximate surface area is 136 Å². The second kappa shape index (κ2) is 6.56. The fourth-order valence-electron chi connectivity index (χ4n) is 3.62. The number of carbonyl (C=O) groups is 1. The summed E-state index contributed by atoms with van der Waals surface area (Å²) in [6, 6.07) is 5.20. The van der Waals surface area contributed by atoms with Crippen molar-refractivity contribution < 1.29 is 9.72 Å². The number of likely N-dealkylation sites (tertiary alicyclic amines) is 1. The van der Waals surface area contributed by atoms with Crippen LogP contribution in [0.2, 0.25) is 0 Å². The number of nitrogens with zero attached hydrogens (tertiary/aromatic N) is 2. The molecule has 1 aromatic carbocycles. The first-order valence-corrected chi connectivity index (χ1v) is 8.39. The molecule has 2 atom stereocenters. The molecule has 1 saturated heterocycles. The van der Waals surface area contributed by atoms with Crippen LogP contribution in [0.1, 0.15) is 49.4 Å². The molecule has 2 aliphatic rings. The Morgan fingerprint density at radius 3 is 2.65 bits per heavy atom. The molecule has 2 unspecified atom stereocenters. The van der Waals surface area contributed by atoms with Crippen LogP contribution in [0.3, 0.4) is 0 Å². The van der Waals surface area contributed by atoms with Gasteiger partial charge in [0.1, 0.15) is 5.56 Å². The molecule has 124 valence electrons. The molecule has 2 fully saturated rings. The Morgan fingerprint density at radius 2 is 2.04 bits per heavy atom. The molecule has 0 radical (unpaired) electrons. The first-order valence-electron chi connectivity index (χ1n) is 8.39. The highest BCUT2D eigenvalue weighted by molar-refractivity contribution is 5.99. The second-order valence-electron chi connectivity index (χ2n) is 6.75. The fraction of sp³-hybridized carbons (Fsp3) is 0.588. The molecule has 1 aliphatic heterocycles. The molecule has 0 bridgehead atoms. The number of anilines is 1. The highest BCUT2D eigenvalue weighted by Crippen LogP contribution is 2.30. The predicted octanol–water partition coefficient (Wildman–Crippen LogP) is 3.43. The van der Waals surface area contributed by atoms with E-state index in [0.717, 1.165) is 31.4 Å². The van der Waals surface area contributed by atoms with Crippen molar-refractivity contribution in [3.63, 3.8) is 0 Å². The van der Waals surface area contributed by atoms with E-state index in [-0.39, 0.29) is 17.2 Å². The lowest BCUT2D eigenvalue weighted by Crippen LogP contribution is -2.28. The van der Waals surface area contributed by atoms with Crippen LogP contribution in [0.4, 0.5) is 11.4 Å². The Morgan fingerprint density at radius 1 is 1.30 bits per heavy atom. The molecule has 1 aliphatic carbocycles. The molecule has 1 saturated carbocycles. The van der Waals surface area contributed by atoms with Gasteiger partial charge >= 0.3 is 0 Å². The number of carbonyl (C=O) groups excluding carboxylic acids is 1. The summed E-state index contributed by atoms with van der Waals surface area (Å²) in [5, 5.41) is 14.7. The Hall–Kier alpha value is -2.11. The number of hydrogen-bond acceptors (Lipinski definition) is 4. The maximum atomic E-state index is 12.6. The third kappa shape index (κ3) is 3.46. The molecule has 1 amide bonds. The van der Waals surface area contributed by atoms with Gasteiger partial charge in [-0.2, -0.15) is 0 Å². The number of nitro benzene ring substituents is 1. The maximum Gasteiger partial charge on any atom is 0.282 e. The van der Waals surface area contributed by atoms with E-state index in [9.17, 15) is 14.9 Å². The largest absolute Gasteiger partial charge is 0.382 e. The van der Waals surface area contributed by atoms with E-state index in [1.807, 2.05) is 0 Å². The summed E-state index contributed by atoms with van der Waals surface area (Å²) in [6.45, 7) is 3.61. The Balaban J connectivity index is 1.83. The van der Waals surface area contributed by atoms with Gasteiger partial charge in [-0.1, -0.05) is 6.92 Å². The van der Waals surface area contributed by atoms with Crippen molar-refractivity contribution >= 4 is 17.3 Å². The van der Waals surface area contributed by atoms with E-state index < -0.39 is 4.92 Å². The quantitative estimate of drug-likeness (QED) is 0.682. The van der Waals surface area contributed by atoms with Gasteiger partial charge in [0.15, 0.2) is 0 Å². The molecular formula is C17H23N3O3. The smallest absolute Gasteiger partial charge is 0.282 e. The van der Waals surface area contributed by atoms with Gasteiger partial charge in [-0.05, 0) is 50.2 Å². The standard InChI is InChI=1S/C17H23N3O3/c1-12-4-5-13(10-12)18-14-6-7-16(20(22)23)15(11-14)17(21)19-8-2-3-9-19/h6-7,11-13,18H,2-5,8-10H2,1H3. The summed E-state index contributed by atoms with van der Waals surface area (Å²) in [5.74, 6) is 0.480.